The Labute approximate surface area is 111 Å². The normalized spacial score (nSPS) is 22.5. The second kappa shape index (κ2) is 5.03. The van der Waals surface area contributed by atoms with Gasteiger partial charge in [0.25, 0.3) is 5.91 Å². The highest BCUT2D eigenvalue weighted by molar-refractivity contribution is 5.96. The van der Waals surface area contributed by atoms with Crippen molar-refractivity contribution in [3.05, 3.63) is 17.0 Å². The molecule has 0 radical (unpaired) electrons. The summed E-state index contributed by atoms with van der Waals surface area (Å²) in [5.74, 6) is -1.26. The van der Waals surface area contributed by atoms with Gasteiger partial charge in [-0.05, 0) is 33.1 Å². The van der Waals surface area contributed by atoms with Gasteiger partial charge in [-0.15, -0.1) is 0 Å². The van der Waals surface area contributed by atoms with Gasteiger partial charge >= 0.3 is 5.97 Å². The topological polar surface area (TPSA) is 84.2 Å². The van der Waals surface area contributed by atoms with E-state index < -0.39 is 5.97 Å². The molecule has 1 aromatic rings. The Morgan fingerprint density at radius 3 is 2.53 bits per heavy atom. The molecule has 1 heterocycles. The molecule has 2 N–H and O–H groups in total. The fraction of sp³-hybridized carbons (Fsp3) is 0.615. The van der Waals surface area contributed by atoms with Gasteiger partial charge in [-0.1, -0.05) is 0 Å². The van der Waals surface area contributed by atoms with Crippen molar-refractivity contribution in [1.29, 1.82) is 0 Å². The van der Waals surface area contributed by atoms with E-state index in [1.807, 2.05) is 6.92 Å². The van der Waals surface area contributed by atoms with Gasteiger partial charge in [0, 0.05) is 18.8 Å². The lowest BCUT2D eigenvalue weighted by Crippen LogP contribution is -2.34. The first-order valence-electron chi connectivity index (χ1n) is 6.44. The molecule has 0 aliphatic heterocycles. The van der Waals surface area contributed by atoms with Crippen molar-refractivity contribution in [3.8, 4) is 0 Å². The molecule has 1 amide bonds. The van der Waals surface area contributed by atoms with Gasteiger partial charge in [-0.3, -0.25) is 14.3 Å². The number of carbonyl (C=O) groups excluding carboxylic acids is 1. The molecule has 0 aromatic carbocycles. The number of carbonyl (C=O) groups is 2. The van der Waals surface area contributed by atoms with Gasteiger partial charge in [-0.25, -0.2) is 0 Å². The minimum absolute atomic E-state index is 0.0485. The van der Waals surface area contributed by atoms with Crippen LogP contribution in [0.3, 0.4) is 0 Å². The maximum absolute atomic E-state index is 12.2. The molecule has 1 aromatic heterocycles. The Morgan fingerprint density at radius 1 is 1.37 bits per heavy atom. The number of aliphatic carboxylic acids is 1. The van der Waals surface area contributed by atoms with E-state index in [-0.39, 0.29) is 17.9 Å². The number of aryl methyl sites for hydroxylation is 2. The summed E-state index contributed by atoms with van der Waals surface area (Å²) in [7, 11) is 1.80. The molecule has 19 heavy (non-hydrogen) atoms. The first kappa shape index (κ1) is 13.6. The zero-order valence-electron chi connectivity index (χ0n) is 11.4. The predicted molar refractivity (Wildman–Crippen MR) is 68.9 cm³/mol. The van der Waals surface area contributed by atoms with Crippen LogP contribution >= 0.6 is 0 Å². The molecule has 104 valence electrons. The monoisotopic (exact) mass is 265 g/mol. The maximum Gasteiger partial charge on any atom is 0.306 e. The average Bonchev–Trinajstić information content (AvgIpc) is 2.85. The molecule has 2 rings (SSSR count). The third-order valence-corrected chi connectivity index (χ3v) is 3.85. The number of aromatic nitrogens is 2. The van der Waals surface area contributed by atoms with Crippen LogP contribution in [0.25, 0.3) is 0 Å². The number of nitrogens with one attached hydrogen (secondary N) is 1. The number of hydrogen-bond donors (Lipinski definition) is 2. The van der Waals surface area contributed by atoms with Gasteiger partial charge in [0.15, 0.2) is 0 Å². The first-order valence-corrected chi connectivity index (χ1v) is 6.44. The summed E-state index contributed by atoms with van der Waals surface area (Å²) >= 11 is 0. The van der Waals surface area contributed by atoms with Crippen LogP contribution in [0.15, 0.2) is 0 Å². The van der Waals surface area contributed by atoms with Crippen molar-refractivity contribution in [2.24, 2.45) is 13.0 Å². The number of amides is 1. The zero-order valence-corrected chi connectivity index (χ0v) is 11.4. The van der Waals surface area contributed by atoms with Crippen molar-refractivity contribution in [1.82, 2.24) is 15.1 Å². The molecule has 0 saturated heterocycles. The summed E-state index contributed by atoms with van der Waals surface area (Å²) in [6.45, 7) is 3.65. The van der Waals surface area contributed by atoms with E-state index in [9.17, 15) is 9.59 Å². The van der Waals surface area contributed by atoms with Gasteiger partial charge in [0.2, 0.25) is 0 Å². The SMILES string of the molecule is Cc1nn(C)c(C)c1C(=O)NC1CCC(C(=O)O)C1. The highest BCUT2D eigenvalue weighted by Gasteiger charge is 2.31. The molecule has 0 spiro atoms. The van der Waals surface area contributed by atoms with E-state index in [1.54, 1.807) is 18.7 Å². The Kier molecular flexibility index (Phi) is 3.59. The molecule has 2 atom stereocenters. The van der Waals surface area contributed by atoms with E-state index in [1.165, 1.54) is 0 Å². The summed E-state index contributed by atoms with van der Waals surface area (Å²) in [6.07, 6.45) is 1.87. The smallest absolute Gasteiger partial charge is 0.306 e. The summed E-state index contributed by atoms with van der Waals surface area (Å²) in [4.78, 5) is 23.1. The van der Waals surface area contributed by atoms with Gasteiger partial charge < -0.3 is 10.4 Å². The summed E-state index contributed by atoms with van der Waals surface area (Å²) < 4.78 is 1.68. The Balaban J connectivity index is 2.04. The van der Waals surface area contributed by atoms with Crippen LogP contribution in [-0.4, -0.2) is 32.8 Å². The van der Waals surface area contributed by atoms with E-state index in [0.29, 0.717) is 24.1 Å². The quantitative estimate of drug-likeness (QED) is 0.854. The molecule has 2 unspecified atom stereocenters. The van der Waals surface area contributed by atoms with Crippen LogP contribution in [0.4, 0.5) is 0 Å². The molecule has 0 bridgehead atoms. The number of nitrogens with zero attached hydrogens (tertiary/aromatic N) is 2. The molecular weight excluding hydrogens is 246 g/mol. The van der Waals surface area contributed by atoms with Crippen molar-refractivity contribution in [2.45, 2.75) is 39.2 Å². The van der Waals surface area contributed by atoms with Crippen molar-refractivity contribution >= 4 is 11.9 Å². The van der Waals surface area contributed by atoms with Crippen LogP contribution in [0.1, 0.15) is 41.0 Å². The van der Waals surface area contributed by atoms with Crippen LogP contribution in [-0.2, 0) is 11.8 Å². The third-order valence-electron chi connectivity index (χ3n) is 3.85. The minimum atomic E-state index is -0.773. The molecule has 1 aliphatic rings. The van der Waals surface area contributed by atoms with Crippen molar-refractivity contribution in [3.63, 3.8) is 0 Å². The zero-order chi connectivity index (χ0) is 14.2. The Morgan fingerprint density at radius 2 is 2.05 bits per heavy atom. The van der Waals surface area contributed by atoms with E-state index in [0.717, 1.165) is 12.1 Å². The molecule has 1 fully saturated rings. The Bertz CT molecular complexity index is 521. The van der Waals surface area contributed by atoms with E-state index in [2.05, 4.69) is 10.4 Å². The Hall–Kier alpha value is -1.85. The molecule has 1 saturated carbocycles. The van der Waals surface area contributed by atoms with Crippen molar-refractivity contribution < 1.29 is 14.7 Å². The highest BCUT2D eigenvalue weighted by Crippen LogP contribution is 2.26. The van der Waals surface area contributed by atoms with Crippen LogP contribution in [0, 0.1) is 19.8 Å². The molecule has 1 aliphatic carbocycles. The molecule has 6 heteroatoms. The first-order chi connectivity index (χ1) is 8.90. The second-order valence-corrected chi connectivity index (χ2v) is 5.19. The fourth-order valence-electron chi connectivity index (χ4n) is 2.70. The fourth-order valence-corrected chi connectivity index (χ4v) is 2.70. The summed E-state index contributed by atoms with van der Waals surface area (Å²) in [5, 5.41) is 16.1. The molecular formula is C13H19N3O3. The predicted octanol–water partition coefficient (Wildman–Crippen LogP) is 1.02. The standard InChI is InChI=1S/C13H19N3O3/c1-7-11(8(2)16(3)15-7)12(17)14-10-5-4-9(6-10)13(18)19/h9-10H,4-6H2,1-3H3,(H,14,17)(H,18,19). The lowest BCUT2D eigenvalue weighted by molar-refractivity contribution is -0.141. The van der Waals surface area contributed by atoms with Gasteiger partial charge in [0.1, 0.15) is 0 Å². The average molecular weight is 265 g/mol. The third kappa shape index (κ3) is 2.62. The lowest BCUT2D eigenvalue weighted by Gasteiger charge is -2.12. The summed E-state index contributed by atoms with van der Waals surface area (Å²) in [5.41, 5.74) is 2.12. The number of rotatable bonds is 3. The van der Waals surface area contributed by atoms with E-state index in [4.69, 9.17) is 5.11 Å². The minimum Gasteiger partial charge on any atom is -0.481 e. The van der Waals surface area contributed by atoms with Gasteiger partial charge in [0.05, 0.1) is 17.2 Å². The summed E-state index contributed by atoms with van der Waals surface area (Å²) in [6, 6.07) is -0.0485. The van der Waals surface area contributed by atoms with Crippen LogP contribution < -0.4 is 5.32 Å². The largest absolute Gasteiger partial charge is 0.481 e. The van der Waals surface area contributed by atoms with Crippen molar-refractivity contribution in [2.75, 3.05) is 0 Å². The van der Waals surface area contributed by atoms with Crippen LogP contribution in [0.5, 0.6) is 0 Å². The lowest BCUT2D eigenvalue weighted by atomic mass is 10.1. The van der Waals surface area contributed by atoms with Gasteiger partial charge in [-0.2, -0.15) is 5.10 Å². The maximum atomic E-state index is 12.2. The highest BCUT2D eigenvalue weighted by atomic mass is 16.4. The number of carboxylic acids is 1. The number of hydrogen-bond acceptors (Lipinski definition) is 3. The number of carboxylic acid groups (broad SMARTS) is 1. The second-order valence-electron chi connectivity index (χ2n) is 5.19. The van der Waals surface area contributed by atoms with Crippen LogP contribution in [0.2, 0.25) is 0 Å². The molecule has 6 nitrogen and oxygen atoms in total. The van der Waals surface area contributed by atoms with E-state index >= 15 is 0 Å².